The summed E-state index contributed by atoms with van der Waals surface area (Å²) in [7, 11) is 0. The Morgan fingerprint density at radius 3 is 1.46 bits per heavy atom. The lowest BCUT2D eigenvalue weighted by atomic mass is 10.0. The summed E-state index contributed by atoms with van der Waals surface area (Å²) in [5.41, 5.74) is 12.1. The largest absolute Gasteiger partial charge is 0.454 e. The second-order valence-electron chi connectivity index (χ2n) is 14.0. The summed E-state index contributed by atoms with van der Waals surface area (Å²) in [6, 6.07) is 67.3. The Hall–Kier alpha value is -7.63. The van der Waals surface area contributed by atoms with Crippen molar-refractivity contribution < 1.29 is 4.42 Å². The molecule has 0 bridgehead atoms. The molecule has 0 aliphatic rings. The van der Waals surface area contributed by atoms with E-state index in [1.54, 1.807) is 0 Å². The molecule has 0 radical (unpaired) electrons. The lowest BCUT2D eigenvalue weighted by Gasteiger charge is -2.10. The molecule has 11 aromatic rings. The van der Waals surface area contributed by atoms with Gasteiger partial charge in [-0.1, -0.05) is 158 Å². The summed E-state index contributed by atoms with van der Waals surface area (Å²) in [6.07, 6.45) is 0. The predicted molar refractivity (Wildman–Crippen MR) is 229 cm³/mol. The van der Waals surface area contributed by atoms with Crippen molar-refractivity contribution in [3.05, 3.63) is 194 Å². The van der Waals surface area contributed by atoms with Gasteiger partial charge in [-0.2, -0.15) is 0 Å². The molecule has 3 aromatic heterocycles. The first-order valence-electron chi connectivity index (χ1n) is 18.8. The highest BCUT2D eigenvalue weighted by molar-refractivity contribution is 6.13. The highest BCUT2D eigenvalue weighted by Crippen LogP contribution is 2.39. The monoisotopic (exact) mass is 716 g/mol. The summed E-state index contributed by atoms with van der Waals surface area (Å²) < 4.78 is 9.14. The first kappa shape index (κ1) is 31.9. The van der Waals surface area contributed by atoms with Crippen LogP contribution in [0.2, 0.25) is 0 Å². The summed E-state index contributed by atoms with van der Waals surface area (Å²) >= 11 is 0. The van der Waals surface area contributed by atoms with Gasteiger partial charge < -0.3 is 8.98 Å². The van der Waals surface area contributed by atoms with Crippen molar-refractivity contribution in [3.8, 4) is 62.1 Å². The van der Waals surface area contributed by atoms with E-state index in [2.05, 4.69) is 187 Å². The van der Waals surface area contributed by atoms with E-state index in [4.69, 9.17) is 19.4 Å². The number of hydrogen-bond acceptors (Lipinski definition) is 4. The van der Waals surface area contributed by atoms with Gasteiger partial charge in [0.05, 0.1) is 16.7 Å². The number of benzene rings is 8. The second-order valence-corrected chi connectivity index (χ2v) is 14.0. The maximum Gasteiger partial charge on any atom is 0.164 e. The van der Waals surface area contributed by atoms with Gasteiger partial charge in [-0.25, -0.2) is 15.0 Å². The van der Waals surface area contributed by atoms with E-state index in [0.29, 0.717) is 17.5 Å². The fourth-order valence-electron chi connectivity index (χ4n) is 7.95. The van der Waals surface area contributed by atoms with Crippen LogP contribution in [0.25, 0.3) is 106 Å². The van der Waals surface area contributed by atoms with Crippen LogP contribution in [-0.4, -0.2) is 19.5 Å². The smallest absolute Gasteiger partial charge is 0.164 e. The molecule has 11 rings (SSSR count). The standard InChI is InChI=1S/C51H32N4O/c1-3-13-33(14-4-1)35-25-27-36(28-26-35)49-52-50(38-18-11-17-37(31-38)34-15-5-2-6-16-34)54-51(53-49)39-29-30-42-43-21-12-24-46(48(43)56-47(42)32-39)55-44-22-9-7-19-40(44)41-20-8-10-23-45(41)55/h1-32H. The minimum absolute atomic E-state index is 0.576. The number of aromatic nitrogens is 4. The maximum absolute atomic E-state index is 6.83. The summed E-state index contributed by atoms with van der Waals surface area (Å²) in [5.74, 6) is 1.79. The molecule has 0 N–H and O–H groups in total. The topological polar surface area (TPSA) is 56.7 Å². The average Bonchev–Trinajstić information content (AvgIpc) is 3.83. The van der Waals surface area contributed by atoms with Gasteiger partial charge in [-0.05, 0) is 58.7 Å². The number of furan rings is 1. The number of rotatable bonds is 6. The van der Waals surface area contributed by atoms with E-state index < -0.39 is 0 Å². The molecule has 3 heterocycles. The molecular weight excluding hydrogens is 685 g/mol. The Morgan fingerprint density at radius 1 is 0.321 bits per heavy atom. The Bertz CT molecular complexity index is 3180. The lowest BCUT2D eigenvalue weighted by molar-refractivity contribution is 0.666. The molecule has 0 saturated carbocycles. The summed E-state index contributed by atoms with van der Waals surface area (Å²) in [5, 5.41) is 4.51. The molecule has 0 amide bonds. The zero-order valence-electron chi connectivity index (χ0n) is 30.2. The number of hydrogen-bond donors (Lipinski definition) is 0. The van der Waals surface area contributed by atoms with Gasteiger partial charge in [0.1, 0.15) is 5.58 Å². The predicted octanol–water partition coefficient (Wildman–Crippen LogP) is 13.2. The Balaban J connectivity index is 1.07. The van der Waals surface area contributed by atoms with Gasteiger partial charge in [0.2, 0.25) is 0 Å². The van der Waals surface area contributed by atoms with Crippen molar-refractivity contribution in [1.82, 2.24) is 19.5 Å². The number of nitrogens with zero attached hydrogens (tertiary/aromatic N) is 4. The maximum atomic E-state index is 6.83. The van der Waals surface area contributed by atoms with Crippen molar-refractivity contribution in [3.63, 3.8) is 0 Å². The Kier molecular flexibility index (Phi) is 7.42. The van der Waals surface area contributed by atoms with Gasteiger partial charge in [0.15, 0.2) is 23.1 Å². The third kappa shape index (κ3) is 5.37. The average molecular weight is 717 g/mol. The van der Waals surface area contributed by atoms with E-state index in [0.717, 1.165) is 77.6 Å². The van der Waals surface area contributed by atoms with Crippen LogP contribution in [-0.2, 0) is 0 Å². The van der Waals surface area contributed by atoms with E-state index in [9.17, 15) is 0 Å². The van der Waals surface area contributed by atoms with Gasteiger partial charge >= 0.3 is 0 Å². The molecule has 0 saturated heterocycles. The first-order chi connectivity index (χ1) is 27.7. The molecule has 262 valence electrons. The van der Waals surface area contributed by atoms with Crippen molar-refractivity contribution in [2.24, 2.45) is 0 Å². The van der Waals surface area contributed by atoms with Gasteiger partial charge in [-0.15, -0.1) is 0 Å². The molecule has 8 aromatic carbocycles. The van der Waals surface area contributed by atoms with Crippen LogP contribution in [0.3, 0.4) is 0 Å². The highest BCUT2D eigenvalue weighted by atomic mass is 16.3. The zero-order chi connectivity index (χ0) is 37.0. The fraction of sp³-hybridized carbons (Fsp3) is 0. The Labute approximate surface area is 322 Å². The van der Waals surface area contributed by atoms with Crippen LogP contribution in [0, 0.1) is 0 Å². The van der Waals surface area contributed by atoms with Crippen LogP contribution in [0.15, 0.2) is 199 Å². The Morgan fingerprint density at radius 2 is 0.786 bits per heavy atom. The van der Waals surface area contributed by atoms with Crippen molar-refractivity contribution >= 4 is 43.7 Å². The van der Waals surface area contributed by atoms with E-state index >= 15 is 0 Å². The van der Waals surface area contributed by atoms with E-state index in [-0.39, 0.29) is 0 Å². The summed E-state index contributed by atoms with van der Waals surface area (Å²) in [6.45, 7) is 0. The third-order valence-corrected chi connectivity index (χ3v) is 10.7. The van der Waals surface area contributed by atoms with Crippen LogP contribution < -0.4 is 0 Å². The molecule has 5 nitrogen and oxygen atoms in total. The van der Waals surface area contributed by atoms with Gasteiger partial charge in [-0.3, -0.25) is 0 Å². The van der Waals surface area contributed by atoms with Gasteiger partial charge in [0.25, 0.3) is 0 Å². The molecular formula is C51H32N4O. The first-order valence-corrected chi connectivity index (χ1v) is 18.8. The van der Waals surface area contributed by atoms with Crippen LogP contribution >= 0.6 is 0 Å². The van der Waals surface area contributed by atoms with Crippen molar-refractivity contribution in [2.45, 2.75) is 0 Å². The molecule has 0 aliphatic heterocycles. The minimum Gasteiger partial charge on any atom is -0.454 e. The molecule has 56 heavy (non-hydrogen) atoms. The van der Waals surface area contributed by atoms with Gasteiger partial charge in [0, 0.05) is 38.2 Å². The molecule has 0 unspecified atom stereocenters. The highest BCUT2D eigenvalue weighted by Gasteiger charge is 2.19. The molecule has 0 aliphatic carbocycles. The van der Waals surface area contributed by atoms with Crippen molar-refractivity contribution in [2.75, 3.05) is 0 Å². The zero-order valence-corrected chi connectivity index (χ0v) is 30.2. The second kappa shape index (κ2) is 13.0. The van der Waals surface area contributed by atoms with Crippen LogP contribution in [0.1, 0.15) is 0 Å². The van der Waals surface area contributed by atoms with Crippen LogP contribution in [0.5, 0.6) is 0 Å². The minimum atomic E-state index is 0.576. The van der Waals surface area contributed by atoms with E-state index in [1.165, 1.54) is 10.8 Å². The van der Waals surface area contributed by atoms with Crippen LogP contribution in [0.4, 0.5) is 0 Å². The quantitative estimate of drug-likeness (QED) is 0.172. The SMILES string of the molecule is c1ccc(-c2ccc(-c3nc(-c4cccc(-c5ccccc5)c4)nc(-c4ccc5c(c4)oc4c(-n6c7ccccc7c7ccccc76)cccc45)n3)cc2)cc1. The normalized spacial score (nSPS) is 11.6. The third-order valence-electron chi connectivity index (χ3n) is 10.7. The number of para-hydroxylation sites is 3. The summed E-state index contributed by atoms with van der Waals surface area (Å²) in [4.78, 5) is 15.3. The molecule has 0 fully saturated rings. The van der Waals surface area contributed by atoms with Crippen molar-refractivity contribution in [1.29, 1.82) is 0 Å². The molecule has 0 spiro atoms. The molecule has 5 heteroatoms. The van der Waals surface area contributed by atoms with E-state index in [1.807, 2.05) is 12.1 Å². The molecule has 0 atom stereocenters. The fourth-order valence-corrected chi connectivity index (χ4v) is 7.95. The lowest BCUT2D eigenvalue weighted by Crippen LogP contribution is -2.00. The number of fused-ring (bicyclic) bond motifs is 6.